The van der Waals surface area contributed by atoms with Crippen molar-refractivity contribution in [2.75, 3.05) is 25.6 Å². The van der Waals surface area contributed by atoms with Gasteiger partial charge in [0.25, 0.3) is 0 Å². The van der Waals surface area contributed by atoms with E-state index >= 15 is 0 Å². The zero-order chi connectivity index (χ0) is 10.4. The summed E-state index contributed by atoms with van der Waals surface area (Å²) in [4.78, 5) is 0. The van der Waals surface area contributed by atoms with Crippen molar-refractivity contribution in [1.82, 2.24) is 15.1 Å². The molecular formula is C8H14N4OS. The summed E-state index contributed by atoms with van der Waals surface area (Å²) in [5.41, 5.74) is 0.877. The molecule has 0 bridgehead atoms. The Balaban J connectivity index is 2.27. The molecular weight excluding hydrogens is 200 g/mol. The summed E-state index contributed by atoms with van der Waals surface area (Å²) in [7, 11) is 3.51. The molecule has 2 N–H and O–H groups in total. The Labute approximate surface area is 88.4 Å². The number of thiocarbonyl (C=S) groups is 1. The Morgan fingerprint density at radius 3 is 3.07 bits per heavy atom. The van der Waals surface area contributed by atoms with E-state index in [2.05, 4.69) is 15.7 Å². The average molecular weight is 214 g/mol. The topological polar surface area (TPSA) is 51.1 Å². The molecule has 5 nitrogen and oxygen atoms in total. The second kappa shape index (κ2) is 5.56. The number of ether oxygens (including phenoxy) is 1. The van der Waals surface area contributed by atoms with E-state index in [1.54, 1.807) is 18.0 Å². The maximum atomic E-state index is 5.04. The highest BCUT2D eigenvalue weighted by Gasteiger charge is 1.98. The molecule has 0 atom stereocenters. The Bertz CT molecular complexity index is 299. The first-order valence-corrected chi connectivity index (χ1v) is 4.65. The average Bonchev–Trinajstić information content (AvgIpc) is 2.52. The van der Waals surface area contributed by atoms with Gasteiger partial charge in [0.1, 0.15) is 0 Å². The van der Waals surface area contributed by atoms with Crippen LogP contribution in [-0.2, 0) is 11.8 Å². The molecule has 0 aromatic carbocycles. The highest BCUT2D eigenvalue weighted by molar-refractivity contribution is 7.80. The van der Waals surface area contributed by atoms with E-state index in [9.17, 15) is 0 Å². The molecule has 1 aromatic heterocycles. The summed E-state index contributed by atoms with van der Waals surface area (Å²) in [6.45, 7) is 1.33. The normalized spacial score (nSPS) is 9.86. The molecule has 0 aliphatic heterocycles. The summed E-state index contributed by atoms with van der Waals surface area (Å²) < 4.78 is 6.59. The van der Waals surface area contributed by atoms with E-state index in [4.69, 9.17) is 17.0 Å². The Morgan fingerprint density at radius 2 is 2.50 bits per heavy atom. The first-order chi connectivity index (χ1) is 6.72. The first kappa shape index (κ1) is 10.9. The smallest absolute Gasteiger partial charge is 0.170 e. The van der Waals surface area contributed by atoms with Crippen molar-refractivity contribution in [3.05, 3.63) is 12.4 Å². The lowest BCUT2D eigenvalue weighted by atomic mass is 10.6. The molecule has 0 aliphatic carbocycles. The van der Waals surface area contributed by atoms with Gasteiger partial charge in [-0.05, 0) is 12.2 Å². The number of nitrogens with one attached hydrogen (secondary N) is 2. The van der Waals surface area contributed by atoms with Crippen LogP contribution in [0.4, 0.5) is 5.69 Å². The van der Waals surface area contributed by atoms with Gasteiger partial charge in [-0.3, -0.25) is 4.68 Å². The van der Waals surface area contributed by atoms with Crippen molar-refractivity contribution in [3.63, 3.8) is 0 Å². The van der Waals surface area contributed by atoms with Crippen molar-refractivity contribution in [2.24, 2.45) is 7.05 Å². The van der Waals surface area contributed by atoms with Crippen molar-refractivity contribution in [3.8, 4) is 0 Å². The van der Waals surface area contributed by atoms with E-state index < -0.39 is 0 Å². The molecule has 14 heavy (non-hydrogen) atoms. The number of rotatable bonds is 4. The number of aromatic nitrogens is 2. The number of nitrogens with zero attached hydrogens (tertiary/aromatic N) is 2. The molecule has 0 radical (unpaired) electrons. The molecule has 0 unspecified atom stereocenters. The van der Waals surface area contributed by atoms with Crippen LogP contribution in [-0.4, -0.2) is 35.2 Å². The Hall–Kier alpha value is -1.14. The van der Waals surface area contributed by atoms with Crippen LogP contribution in [0.2, 0.25) is 0 Å². The third-order valence-electron chi connectivity index (χ3n) is 1.55. The van der Waals surface area contributed by atoms with Gasteiger partial charge in [-0.25, -0.2) is 0 Å². The van der Waals surface area contributed by atoms with Crippen LogP contribution in [0.25, 0.3) is 0 Å². The van der Waals surface area contributed by atoms with E-state index in [1.165, 1.54) is 0 Å². The van der Waals surface area contributed by atoms with Gasteiger partial charge in [0.2, 0.25) is 0 Å². The van der Waals surface area contributed by atoms with Gasteiger partial charge in [-0.15, -0.1) is 0 Å². The Morgan fingerprint density at radius 1 is 1.71 bits per heavy atom. The SMILES string of the molecule is COCCNC(=S)Nc1cnn(C)c1. The minimum atomic E-state index is 0.579. The van der Waals surface area contributed by atoms with Crippen LogP contribution in [0.3, 0.4) is 0 Å². The second-order valence-corrected chi connectivity index (χ2v) is 3.18. The fourth-order valence-corrected chi connectivity index (χ4v) is 1.15. The number of hydrogen-bond donors (Lipinski definition) is 2. The second-order valence-electron chi connectivity index (χ2n) is 2.78. The fraction of sp³-hybridized carbons (Fsp3) is 0.500. The van der Waals surface area contributed by atoms with Crippen LogP contribution >= 0.6 is 12.2 Å². The highest BCUT2D eigenvalue weighted by atomic mass is 32.1. The largest absolute Gasteiger partial charge is 0.383 e. The van der Waals surface area contributed by atoms with E-state index in [0.717, 1.165) is 5.69 Å². The third-order valence-corrected chi connectivity index (χ3v) is 1.80. The minimum Gasteiger partial charge on any atom is -0.383 e. The fourth-order valence-electron chi connectivity index (χ4n) is 0.928. The summed E-state index contributed by atoms with van der Waals surface area (Å²) in [5, 5.41) is 10.6. The van der Waals surface area contributed by atoms with Crippen LogP contribution in [0.1, 0.15) is 0 Å². The minimum absolute atomic E-state index is 0.579. The van der Waals surface area contributed by atoms with Crippen molar-refractivity contribution < 1.29 is 4.74 Å². The van der Waals surface area contributed by atoms with Crippen LogP contribution in [0, 0.1) is 0 Å². The molecule has 0 amide bonds. The van der Waals surface area contributed by atoms with Gasteiger partial charge in [0, 0.05) is 26.9 Å². The molecule has 1 heterocycles. The number of methoxy groups -OCH3 is 1. The molecule has 0 saturated heterocycles. The molecule has 1 aromatic rings. The summed E-state index contributed by atoms with van der Waals surface area (Å²) in [5.74, 6) is 0. The van der Waals surface area contributed by atoms with Gasteiger partial charge in [-0.1, -0.05) is 0 Å². The van der Waals surface area contributed by atoms with E-state index in [-0.39, 0.29) is 0 Å². The quantitative estimate of drug-likeness (QED) is 0.559. The van der Waals surface area contributed by atoms with Crippen molar-refractivity contribution >= 4 is 23.0 Å². The van der Waals surface area contributed by atoms with Crippen LogP contribution < -0.4 is 10.6 Å². The molecule has 0 spiro atoms. The highest BCUT2D eigenvalue weighted by Crippen LogP contribution is 2.02. The van der Waals surface area contributed by atoms with E-state index in [0.29, 0.717) is 18.3 Å². The first-order valence-electron chi connectivity index (χ1n) is 4.25. The molecule has 6 heteroatoms. The lowest BCUT2D eigenvalue weighted by molar-refractivity contribution is 0.204. The predicted octanol–water partition coefficient (Wildman–Crippen LogP) is 0.353. The molecule has 1 rings (SSSR count). The van der Waals surface area contributed by atoms with Crippen molar-refractivity contribution in [1.29, 1.82) is 0 Å². The maximum absolute atomic E-state index is 5.04. The summed E-state index contributed by atoms with van der Waals surface area (Å²) in [6, 6.07) is 0. The van der Waals surface area contributed by atoms with Crippen LogP contribution in [0.5, 0.6) is 0 Å². The van der Waals surface area contributed by atoms with Gasteiger partial charge in [0.05, 0.1) is 18.5 Å². The monoisotopic (exact) mass is 214 g/mol. The summed E-state index contributed by atoms with van der Waals surface area (Å²) in [6.07, 6.45) is 3.56. The molecule has 0 aliphatic rings. The van der Waals surface area contributed by atoms with Crippen molar-refractivity contribution in [2.45, 2.75) is 0 Å². The zero-order valence-electron chi connectivity index (χ0n) is 8.28. The van der Waals surface area contributed by atoms with Gasteiger partial charge in [-0.2, -0.15) is 5.10 Å². The maximum Gasteiger partial charge on any atom is 0.170 e. The Kier molecular flexibility index (Phi) is 4.34. The lowest BCUT2D eigenvalue weighted by Gasteiger charge is -2.07. The zero-order valence-corrected chi connectivity index (χ0v) is 9.10. The van der Waals surface area contributed by atoms with Gasteiger partial charge >= 0.3 is 0 Å². The number of hydrogen-bond acceptors (Lipinski definition) is 3. The molecule has 78 valence electrons. The summed E-state index contributed by atoms with van der Waals surface area (Å²) >= 11 is 5.04. The van der Waals surface area contributed by atoms with Gasteiger partial charge < -0.3 is 15.4 Å². The van der Waals surface area contributed by atoms with Gasteiger partial charge in [0.15, 0.2) is 5.11 Å². The van der Waals surface area contributed by atoms with E-state index in [1.807, 2.05) is 13.2 Å². The van der Waals surface area contributed by atoms with Crippen LogP contribution in [0.15, 0.2) is 12.4 Å². The lowest BCUT2D eigenvalue weighted by Crippen LogP contribution is -2.30. The molecule has 0 saturated carbocycles. The third kappa shape index (κ3) is 3.71. The standard InChI is InChI=1S/C8H14N4OS/c1-12-6-7(5-10-12)11-8(14)9-3-4-13-2/h5-6H,3-4H2,1-2H3,(H2,9,11,14). The number of aryl methyl sites for hydroxylation is 1. The molecule has 0 fully saturated rings. The number of anilines is 1. The predicted molar refractivity (Wildman–Crippen MR) is 59.3 cm³/mol.